The van der Waals surface area contributed by atoms with Crippen LogP contribution in [-0.4, -0.2) is 35.6 Å². The van der Waals surface area contributed by atoms with Gasteiger partial charge in [0.2, 0.25) is 0 Å². The van der Waals surface area contributed by atoms with E-state index in [1.54, 1.807) is 0 Å². The van der Waals surface area contributed by atoms with Gasteiger partial charge in [0.15, 0.2) is 0 Å². The van der Waals surface area contributed by atoms with Crippen molar-refractivity contribution in [2.45, 2.75) is 64.3 Å². The van der Waals surface area contributed by atoms with E-state index in [1.165, 1.54) is 32.1 Å². The van der Waals surface area contributed by atoms with Crippen LogP contribution in [0.2, 0.25) is 0 Å². The zero-order chi connectivity index (χ0) is 13.8. The van der Waals surface area contributed by atoms with Crippen molar-refractivity contribution in [3.8, 4) is 0 Å². The summed E-state index contributed by atoms with van der Waals surface area (Å²) in [6.07, 6.45) is 9.65. The Bertz CT molecular complexity index is 299. The van der Waals surface area contributed by atoms with E-state index >= 15 is 0 Å². The minimum Gasteiger partial charge on any atom is -0.481 e. The molecule has 0 heterocycles. The van der Waals surface area contributed by atoms with Crippen molar-refractivity contribution in [1.29, 1.82) is 0 Å². The lowest BCUT2D eigenvalue weighted by Crippen LogP contribution is -2.46. The predicted octanol–water partition coefficient (Wildman–Crippen LogP) is 3.39. The van der Waals surface area contributed by atoms with E-state index in [-0.39, 0.29) is 12.0 Å². The molecule has 3 unspecified atom stereocenters. The van der Waals surface area contributed by atoms with Crippen LogP contribution in [0.1, 0.15) is 58.3 Å². The average molecular weight is 267 g/mol. The van der Waals surface area contributed by atoms with Crippen molar-refractivity contribution in [1.82, 2.24) is 4.90 Å². The summed E-state index contributed by atoms with van der Waals surface area (Å²) >= 11 is 0. The van der Waals surface area contributed by atoms with Gasteiger partial charge in [-0.2, -0.15) is 0 Å². The molecule has 1 N–H and O–H groups in total. The van der Waals surface area contributed by atoms with Gasteiger partial charge in [-0.25, -0.2) is 0 Å². The molecule has 0 amide bonds. The number of carbonyl (C=O) groups is 1. The van der Waals surface area contributed by atoms with E-state index in [0.717, 1.165) is 37.6 Å². The molecule has 0 aromatic rings. The van der Waals surface area contributed by atoms with Crippen LogP contribution >= 0.6 is 0 Å². The summed E-state index contributed by atoms with van der Waals surface area (Å²) in [6.45, 7) is 3.34. The van der Waals surface area contributed by atoms with Gasteiger partial charge in [0.25, 0.3) is 0 Å². The largest absolute Gasteiger partial charge is 0.481 e. The Labute approximate surface area is 117 Å². The van der Waals surface area contributed by atoms with Crippen LogP contribution < -0.4 is 0 Å². The molecule has 0 bridgehead atoms. The van der Waals surface area contributed by atoms with E-state index in [1.807, 2.05) is 0 Å². The molecule has 3 heteroatoms. The molecule has 3 nitrogen and oxygen atoms in total. The zero-order valence-corrected chi connectivity index (χ0v) is 12.5. The number of aliphatic carboxylic acids is 1. The van der Waals surface area contributed by atoms with E-state index < -0.39 is 5.97 Å². The molecule has 2 aliphatic carbocycles. The van der Waals surface area contributed by atoms with Gasteiger partial charge in [0.05, 0.1) is 5.92 Å². The van der Waals surface area contributed by atoms with Crippen molar-refractivity contribution in [2.24, 2.45) is 17.8 Å². The second kappa shape index (κ2) is 6.74. The Morgan fingerprint density at radius 2 is 1.84 bits per heavy atom. The van der Waals surface area contributed by atoms with Gasteiger partial charge < -0.3 is 10.0 Å². The number of hydrogen-bond donors (Lipinski definition) is 1. The summed E-state index contributed by atoms with van der Waals surface area (Å²) in [7, 11) is 2.15. The first-order valence-corrected chi connectivity index (χ1v) is 8.04. The molecule has 0 aliphatic heterocycles. The monoisotopic (exact) mass is 267 g/mol. The first-order valence-electron chi connectivity index (χ1n) is 8.04. The summed E-state index contributed by atoms with van der Waals surface area (Å²) < 4.78 is 0. The fourth-order valence-electron chi connectivity index (χ4n) is 4.11. The van der Waals surface area contributed by atoms with Gasteiger partial charge in [0, 0.05) is 12.6 Å². The van der Waals surface area contributed by atoms with Crippen LogP contribution in [0.4, 0.5) is 0 Å². The van der Waals surface area contributed by atoms with Gasteiger partial charge in [-0.05, 0) is 51.0 Å². The maximum Gasteiger partial charge on any atom is 0.308 e. The van der Waals surface area contributed by atoms with Crippen molar-refractivity contribution in [3.63, 3.8) is 0 Å². The van der Waals surface area contributed by atoms with Gasteiger partial charge in [0.1, 0.15) is 0 Å². The SMILES string of the molecule is CCC1CCC(C(=O)O)C(N(C)CC2CCCC2)C1. The summed E-state index contributed by atoms with van der Waals surface area (Å²) in [5.74, 6) is 0.806. The van der Waals surface area contributed by atoms with Crippen LogP contribution in [0.25, 0.3) is 0 Å². The molecule has 0 aromatic carbocycles. The van der Waals surface area contributed by atoms with Crippen molar-refractivity contribution in [3.05, 3.63) is 0 Å². The number of carboxylic acid groups (broad SMARTS) is 1. The number of rotatable bonds is 5. The Hall–Kier alpha value is -0.570. The van der Waals surface area contributed by atoms with E-state index in [0.29, 0.717) is 0 Å². The van der Waals surface area contributed by atoms with Gasteiger partial charge in [-0.1, -0.05) is 26.2 Å². The van der Waals surface area contributed by atoms with Crippen LogP contribution in [0, 0.1) is 17.8 Å². The molecule has 2 saturated carbocycles. The maximum absolute atomic E-state index is 11.5. The molecule has 2 aliphatic rings. The lowest BCUT2D eigenvalue weighted by Gasteiger charge is -2.40. The average Bonchev–Trinajstić information content (AvgIpc) is 2.90. The number of hydrogen-bond acceptors (Lipinski definition) is 2. The van der Waals surface area contributed by atoms with E-state index in [4.69, 9.17) is 0 Å². The molecule has 2 rings (SSSR count). The van der Waals surface area contributed by atoms with Crippen LogP contribution in [-0.2, 0) is 4.79 Å². The Morgan fingerprint density at radius 3 is 2.42 bits per heavy atom. The second-order valence-corrected chi connectivity index (χ2v) is 6.69. The fourth-order valence-corrected chi connectivity index (χ4v) is 4.11. The second-order valence-electron chi connectivity index (χ2n) is 6.69. The lowest BCUT2D eigenvalue weighted by atomic mass is 9.76. The first kappa shape index (κ1) is 14.8. The summed E-state index contributed by atoms with van der Waals surface area (Å²) in [4.78, 5) is 13.8. The van der Waals surface area contributed by atoms with Gasteiger partial charge in [-0.15, -0.1) is 0 Å². The Kier molecular flexibility index (Phi) is 5.26. The van der Waals surface area contributed by atoms with E-state index in [2.05, 4.69) is 18.9 Å². The van der Waals surface area contributed by atoms with Crippen LogP contribution in [0.3, 0.4) is 0 Å². The normalized spacial score (nSPS) is 32.9. The van der Waals surface area contributed by atoms with Crippen molar-refractivity contribution in [2.75, 3.05) is 13.6 Å². The molecule has 19 heavy (non-hydrogen) atoms. The highest BCUT2D eigenvalue weighted by Crippen LogP contribution is 2.35. The molecular weight excluding hydrogens is 238 g/mol. The molecule has 0 saturated heterocycles. The Morgan fingerprint density at radius 1 is 1.16 bits per heavy atom. The van der Waals surface area contributed by atoms with Crippen LogP contribution in [0.15, 0.2) is 0 Å². The topological polar surface area (TPSA) is 40.5 Å². The number of nitrogens with zero attached hydrogens (tertiary/aromatic N) is 1. The third-order valence-corrected chi connectivity index (χ3v) is 5.41. The van der Waals surface area contributed by atoms with Crippen molar-refractivity contribution < 1.29 is 9.90 Å². The lowest BCUT2D eigenvalue weighted by molar-refractivity contribution is -0.146. The predicted molar refractivity (Wildman–Crippen MR) is 77.1 cm³/mol. The molecule has 2 fully saturated rings. The Balaban J connectivity index is 1.96. The quantitative estimate of drug-likeness (QED) is 0.830. The van der Waals surface area contributed by atoms with Gasteiger partial charge >= 0.3 is 5.97 Å². The highest BCUT2D eigenvalue weighted by atomic mass is 16.4. The highest BCUT2D eigenvalue weighted by Gasteiger charge is 2.37. The fraction of sp³-hybridized carbons (Fsp3) is 0.938. The smallest absolute Gasteiger partial charge is 0.308 e. The first-order chi connectivity index (χ1) is 9.11. The minimum absolute atomic E-state index is 0.144. The molecule has 0 aromatic heterocycles. The summed E-state index contributed by atoms with van der Waals surface area (Å²) in [6, 6.07) is 0.261. The molecule has 3 atom stereocenters. The molecule has 0 radical (unpaired) electrons. The molecule has 110 valence electrons. The third-order valence-electron chi connectivity index (χ3n) is 5.41. The summed E-state index contributed by atoms with van der Waals surface area (Å²) in [5.41, 5.74) is 0. The standard InChI is InChI=1S/C16H29NO2/c1-3-12-8-9-14(16(18)19)15(10-12)17(2)11-13-6-4-5-7-13/h12-15H,3-11H2,1-2H3,(H,18,19). The van der Waals surface area contributed by atoms with Gasteiger partial charge in [-0.3, -0.25) is 4.79 Å². The molecular formula is C16H29NO2. The molecule has 0 spiro atoms. The minimum atomic E-state index is -0.585. The van der Waals surface area contributed by atoms with Crippen molar-refractivity contribution >= 4 is 5.97 Å². The van der Waals surface area contributed by atoms with E-state index in [9.17, 15) is 9.90 Å². The number of carboxylic acids is 1. The van der Waals surface area contributed by atoms with Crippen LogP contribution in [0.5, 0.6) is 0 Å². The zero-order valence-electron chi connectivity index (χ0n) is 12.5. The maximum atomic E-state index is 11.5. The highest BCUT2D eigenvalue weighted by molar-refractivity contribution is 5.71. The third kappa shape index (κ3) is 3.71. The summed E-state index contributed by atoms with van der Waals surface area (Å²) in [5, 5.41) is 9.45.